The van der Waals surface area contributed by atoms with Gasteiger partial charge in [-0.05, 0) is 141 Å². The van der Waals surface area contributed by atoms with E-state index in [0.29, 0.717) is 72.1 Å². The second kappa shape index (κ2) is 25.6. The van der Waals surface area contributed by atoms with E-state index < -0.39 is 31.3 Å². The third kappa shape index (κ3) is 16.8. The number of nitrogens with zero attached hydrogens (tertiary/aromatic N) is 4. The predicted molar refractivity (Wildman–Crippen MR) is 301 cm³/mol. The van der Waals surface area contributed by atoms with Crippen molar-refractivity contribution in [1.29, 1.82) is 0 Å². The molecule has 9 rings (SSSR count). The van der Waals surface area contributed by atoms with Crippen molar-refractivity contribution in [3.05, 3.63) is 135 Å². The molecule has 1 N–H and O–H groups in total. The van der Waals surface area contributed by atoms with Crippen LogP contribution < -0.4 is 24.3 Å². The molecule has 2 unspecified atom stereocenters. The molecule has 78 heavy (non-hydrogen) atoms. The Labute approximate surface area is 474 Å². The number of carbonyl (C=O) groups is 1. The molecule has 424 valence electrons. The number of benzene rings is 2. The molecule has 1 amide bonds. The van der Waals surface area contributed by atoms with Gasteiger partial charge in [0.15, 0.2) is 23.0 Å². The zero-order valence-corrected chi connectivity index (χ0v) is 49.3. The molecule has 2 fully saturated rings. The number of piperidine rings is 2. The van der Waals surface area contributed by atoms with Crippen LogP contribution in [0.5, 0.6) is 23.0 Å². The normalized spacial score (nSPS) is 20.2. The molecule has 17 nitrogen and oxygen atoms in total. The molecule has 2 atom stereocenters. The minimum absolute atomic E-state index is 0.242. The summed E-state index contributed by atoms with van der Waals surface area (Å²) in [6, 6.07) is 23.0. The van der Waals surface area contributed by atoms with Crippen molar-refractivity contribution in [2.45, 2.75) is 101 Å². The number of rotatable bonds is 11. The van der Waals surface area contributed by atoms with Gasteiger partial charge in [-0.2, -0.15) is 16.8 Å². The van der Waals surface area contributed by atoms with Crippen molar-refractivity contribution < 1.29 is 53.7 Å². The molecule has 22 heteroatoms. The molecule has 0 radical (unpaired) electrons. The van der Waals surface area contributed by atoms with Crippen LogP contribution in [-0.2, 0) is 49.6 Å². The number of halogens is 3. The number of hydrogen-bond acceptors (Lipinski definition) is 16. The maximum atomic E-state index is 12.4. The molecule has 2 aromatic carbocycles. The van der Waals surface area contributed by atoms with E-state index in [9.17, 15) is 21.6 Å². The Bertz CT molecular complexity index is 3010. The van der Waals surface area contributed by atoms with Crippen LogP contribution in [0, 0.1) is 0 Å². The lowest BCUT2D eigenvalue weighted by molar-refractivity contribution is 0.0204. The molecular weight excluding hydrogens is 1110 g/mol. The minimum Gasteiger partial charge on any atom is -0.489 e. The first-order chi connectivity index (χ1) is 36.7. The fraction of sp³-hybridized carbons (Fsp3) is 0.500. The molecule has 0 spiro atoms. The molecule has 3 aromatic heterocycles. The minimum atomic E-state index is -3.69. The van der Waals surface area contributed by atoms with E-state index in [1.54, 1.807) is 36.4 Å². The topological polar surface area (TPSA) is 204 Å². The number of nitrogens with one attached hydrogen (secondary N) is 1. The van der Waals surface area contributed by atoms with E-state index >= 15 is 0 Å². The van der Waals surface area contributed by atoms with Crippen LogP contribution in [-0.4, -0.2) is 127 Å². The van der Waals surface area contributed by atoms with Crippen LogP contribution in [0.3, 0.4) is 0 Å². The fourth-order valence-corrected chi connectivity index (χ4v) is 10.5. The first kappa shape index (κ1) is 60.6. The van der Waals surface area contributed by atoms with Gasteiger partial charge in [0.1, 0.15) is 32.0 Å². The van der Waals surface area contributed by atoms with Crippen molar-refractivity contribution >= 4 is 61.1 Å². The van der Waals surface area contributed by atoms with Gasteiger partial charge in [-0.3, -0.25) is 23.3 Å². The average Bonchev–Trinajstić information content (AvgIpc) is 3.73. The molecule has 0 bridgehead atoms. The summed E-state index contributed by atoms with van der Waals surface area (Å²) >= 11 is 17.7. The van der Waals surface area contributed by atoms with Crippen LogP contribution in [0.4, 0.5) is 4.79 Å². The Morgan fingerprint density at radius 2 is 1.05 bits per heavy atom. The number of ether oxygens (including phenoxy) is 5. The Kier molecular flexibility index (Phi) is 19.9. The molecular formula is C56H70Cl3N5O12S2. The lowest BCUT2D eigenvalue weighted by atomic mass is 9.88. The average molecular weight is 1180 g/mol. The highest BCUT2D eigenvalue weighted by molar-refractivity contribution is 7.86. The zero-order valence-electron chi connectivity index (χ0n) is 45.4. The maximum Gasteiger partial charge on any atom is 0.410 e. The number of carbonyl (C=O) groups excluding carboxylic acids is 1. The van der Waals surface area contributed by atoms with Crippen molar-refractivity contribution in [2.75, 3.05) is 78.3 Å². The molecule has 7 heterocycles. The summed E-state index contributed by atoms with van der Waals surface area (Å²) in [5.74, 6) is 4.14. The highest BCUT2D eigenvalue weighted by Gasteiger charge is 2.38. The van der Waals surface area contributed by atoms with Gasteiger partial charge in [-0.15, -0.1) is 0 Å². The third-order valence-electron chi connectivity index (χ3n) is 13.8. The second-order valence-corrected chi connectivity index (χ2v) is 26.6. The standard InChI is InChI=1S/C25H31ClN2O4.C20H23ClN2O2.C11H16ClNO6S2/c1-24(2,3)32-23(29)28-12-10-17(11-13-28)19-6-5-7-20-22(19)31-16-25(4,15-30-20)21-9-8-18(26)14-27-21;1-20(18-6-5-15(21)11-23-18)12-24-17-4-2-3-16(19(17)25-13-20)14-7-9-22-10-8-14;1-11(7-18-20(2,14)15,8-19-21(3,16)17)10-5-4-9(12)6-13-10/h5-9,14,17H,10-13,15-16H2,1-4H3;2-6,11,14,22H,7-10,12-13H2,1H3;4-6H,7-8H2,1-3H3. The first-order valence-electron chi connectivity index (χ1n) is 25.7. The van der Waals surface area contributed by atoms with Crippen LogP contribution in [0.1, 0.15) is 107 Å². The number of hydrogen-bond donors (Lipinski definition) is 1. The Morgan fingerprint density at radius 1 is 0.628 bits per heavy atom. The van der Waals surface area contributed by atoms with E-state index in [4.69, 9.17) is 66.9 Å². The Balaban J connectivity index is 0.000000174. The van der Waals surface area contributed by atoms with E-state index in [2.05, 4.69) is 52.3 Å². The smallest absolute Gasteiger partial charge is 0.410 e. The SMILES string of the molecule is CC(C)(C)OC(=O)N1CCC(c2cccc3c2OCC(C)(c2ccc(Cl)cn2)CO3)CC1.CC(COS(C)(=O)=O)(COS(C)(=O)=O)c1ccc(Cl)cn1.CC1(c2ccc(Cl)cn2)COc2cccc(C3CCNCC3)c2OC1. The Morgan fingerprint density at radius 3 is 1.45 bits per heavy atom. The third-order valence-corrected chi connectivity index (χ3v) is 15.5. The van der Waals surface area contributed by atoms with Crippen molar-refractivity contribution in [1.82, 2.24) is 25.2 Å². The number of pyridine rings is 3. The van der Waals surface area contributed by atoms with Gasteiger partial charge in [0.2, 0.25) is 0 Å². The van der Waals surface area contributed by atoms with E-state index in [-0.39, 0.29) is 30.1 Å². The first-order valence-corrected chi connectivity index (χ1v) is 30.5. The molecule has 0 saturated carbocycles. The summed E-state index contributed by atoms with van der Waals surface area (Å²) in [7, 11) is -7.37. The van der Waals surface area contributed by atoms with Crippen LogP contribution in [0.15, 0.2) is 91.4 Å². The van der Waals surface area contributed by atoms with Crippen molar-refractivity contribution in [3.63, 3.8) is 0 Å². The van der Waals surface area contributed by atoms with Gasteiger partial charge in [0, 0.05) is 42.8 Å². The summed E-state index contributed by atoms with van der Waals surface area (Å²) in [6.07, 6.45) is 10.3. The van der Waals surface area contributed by atoms with Crippen LogP contribution in [0.25, 0.3) is 0 Å². The van der Waals surface area contributed by atoms with Gasteiger partial charge in [-0.1, -0.05) is 59.1 Å². The second-order valence-electron chi connectivity index (χ2n) is 22.0. The summed E-state index contributed by atoms with van der Waals surface area (Å²) in [5.41, 5.74) is 2.38. The quantitative estimate of drug-likeness (QED) is 0.122. The lowest BCUT2D eigenvalue weighted by Crippen LogP contribution is -2.41. The number of fused-ring (bicyclic) bond motifs is 2. The van der Waals surface area contributed by atoms with Gasteiger partial charge >= 0.3 is 6.09 Å². The summed E-state index contributed by atoms with van der Waals surface area (Å²) in [4.78, 5) is 27.3. The fourth-order valence-electron chi connectivity index (χ4n) is 9.26. The van der Waals surface area contributed by atoms with Gasteiger partial charge in [0.05, 0.1) is 74.1 Å². The molecule has 0 aliphatic carbocycles. The number of aromatic nitrogens is 3. The van der Waals surface area contributed by atoms with Crippen LogP contribution >= 0.6 is 34.8 Å². The van der Waals surface area contributed by atoms with Crippen LogP contribution in [0.2, 0.25) is 15.1 Å². The number of likely N-dealkylation sites (tertiary alicyclic amines) is 1. The maximum absolute atomic E-state index is 12.4. The number of amides is 1. The zero-order chi connectivity index (χ0) is 56.5. The van der Waals surface area contributed by atoms with Gasteiger partial charge < -0.3 is 33.9 Å². The summed E-state index contributed by atoms with van der Waals surface area (Å²) < 4.78 is 84.7. The summed E-state index contributed by atoms with van der Waals surface area (Å²) in [6.45, 7) is 16.3. The van der Waals surface area contributed by atoms with E-state index in [1.165, 1.54) is 11.8 Å². The molecule has 2 saturated heterocycles. The monoisotopic (exact) mass is 1170 g/mol. The van der Waals surface area contributed by atoms with Gasteiger partial charge in [-0.25, -0.2) is 4.79 Å². The predicted octanol–water partition coefficient (Wildman–Crippen LogP) is 10.5. The van der Waals surface area contributed by atoms with Gasteiger partial charge in [0.25, 0.3) is 20.2 Å². The highest BCUT2D eigenvalue weighted by atomic mass is 35.5. The molecule has 4 aliphatic rings. The molecule has 5 aromatic rings. The van der Waals surface area contributed by atoms with E-state index in [1.807, 2.05) is 63.2 Å². The van der Waals surface area contributed by atoms with Crippen molar-refractivity contribution in [2.24, 2.45) is 0 Å². The summed E-state index contributed by atoms with van der Waals surface area (Å²) in [5, 5.41) is 5.07. The van der Waals surface area contributed by atoms with E-state index in [0.717, 1.165) is 91.2 Å². The lowest BCUT2D eigenvalue weighted by Gasteiger charge is -2.34. The number of para-hydroxylation sites is 2. The highest BCUT2D eigenvalue weighted by Crippen LogP contribution is 2.45. The Hall–Kier alpha value is -4.99. The largest absolute Gasteiger partial charge is 0.489 e. The molecule has 4 aliphatic heterocycles. The van der Waals surface area contributed by atoms with Crippen molar-refractivity contribution in [3.8, 4) is 23.0 Å².